The molecule has 0 spiro atoms. The van der Waals surface area contributed by atoms with Crippen molar-refractivity contribution in [3.8, 4) is 0 Å². The van der Waals surface area contributed by atoms with Gasteiger partial charge in [0.25, 0.3) is 5.91 Å². The number of urea groups is 1. The van der Waals surface area contributed by atoms with Crippen molar-refractivity contribution in [2.45, 2.75) is 69.5 Å². The molecule has 4 N–H and O–H groups in total. The molecule has 4 amide bonds. The van der Waals surface area contributed by atoms with Crippen molar-refractivity contribution in [1.29, 1.82) is 0 Å². The number of rotatable bonds is 5. The molecule has 2 aliphatic heterocycles. The minimum atomic E-state index is -0.677. The Bertz CT molecular complexity index is 860. The van der Waals surface area contributed by atoms with Crippen molar-refractivity contribution in [1.82, 2.24) is 15.5 Å². The fraction of sp³-hybridized carbons (Fsp3) is 0.565. The first-order chi connectivity index (χ1) is 15.5. The monoisotopic (exact) mass is 440 g/mol. The Labute approximate surface area is 188 Å². The van der Waals surface area contributed by atoms with Gasteiger partial charge in [-0.2, -0.15) is 5.10 Å². The number of nitrogens with zero attached hydrogens (tertiary/aromatic N) is 3. The number of hydrogen-bond acceptors (Lipinski definition) is 5. The van der Waals surface area contributed by atoms with Crippen LogP contribution in [0.5, 0.6) is 0 Å². The lowest BCUT2D eigenvalue weighted by molar-refractivity contribution is -0.119. The van der Waals surface area contributed by atoms with Crippen molar-refractivity contribution in [2.75, 3.05) is 18.1 Å². The normalized spacial score (nSPS) is 22.4. The van der Waals surface area contributed by atoms with Crippen LogP contribution in [-0.2, 0) is 9.59 Å². The summed E-state index contributed by atoms with van der Waals surface area (Å²) < 4.78 is 0. The highest BCUT2D eigenvalue weighted by Gasteiger charge is 2.36. The van der Waals surface area contributed by atoms with Gasteiger partial charge in [0.1, 0.15) is 11.8 Å². The number of likely N-dealkylation sites (tertiary alicyclic amines) is 1. The first-order valence-electron chi connectivity index (χ1n) is 11.6. The van der Waals surface area contributed by atoms with Crippen molar-refractivity contribution in [3.63, 3.8) is 0 Å². The molecule has 9 nitrogen and oxygen atoms in total. The van der Waals surface area contributed by atoms with E-state index >= 15 is 0 Å². The van der Waals surface area contributed by atoms with Crippen molar-refractivity contribution in [2.24, 2.45) is 10.8 Å². The van der Waals surface area contributed by atoms with E-state index in [4.69, 9.17) is 5.73 Å². The van der Waals surface area contributed by atoms with Crippen LogP contribution < -0.4 is 21.4 Å². The minimum absolute atomic E-state index is 0.00430. The molecule has 4 rings (SSSR count). The molecule has 0 radical (unpaired) electrons. The van der Waals surface area contributed by atoms with Gasteiger partial charge in [-0.25, -0.2) is 4.79 Å². The van der Waals surface area contributed by atoms with Crippen molar-refractivity contribution in [3.05, 3.63) is 30.3 Å². The molecule has 3 aliphatic rings. The Morgan fingerprint density at radius 3 is 2.22 bits per heavy atom. The summed E-state index contributed by atoms with van der Waals surface area (Å²) in [6, 6.07) is 8.81. The summed E-state index contributed by atoms with van der Waals surface area (Å²) in [5.74, 6) is -0.794. The molecule has 0 bridgehead atoms. The maximum absolute atomic E-state index is 12.8. The number of nitrogens with one attached hydrogen (secondary N) is 2. The second kappa shape index (κ2) is 10.0. The second-order valence-electron chi connectivity index (χ2n) is 8.87. The predicted molar refractivity (Wildman–Crippen MR) is 122 cm³/mol. The molecular formula is C23H32N6O3. The molecule has 1 aliphatic carbocycles. The van der Waals surface area contributed by atoms with E-state index in [9.17, 15) is 14.4 Å². The largest absolute Gasteiger partial charge is 0.368 e. The quantitative estimate of drug-likeness (QED) is 0.646. The number of anilines is 1. The maximum atomic E-state index is 12.8. The zero-order valence-corrected chi connectivity index (χ0v) is 18.3. The molecule has 1 saturated carbocycles. The van der Waals surface area contributed by atoms with E-state index in [0.29, 0.717) is 37.7 Å². The van der Waals surface area contributed by atoms with Crippen LogP contribution in [0.4, 0.5) is 10.5 Å². The number of carbonyl (C=O) groups is 3. The lowest BCUT2D eigenvalue weighted by Crippen LogP contribution is -2.52. The zero-order chi connectivity index (χ0) is 22.5. The van der Waals surface area contributed by atoms with E-state index in [2.05, 4.69) is 15.7 Å². The van der Waals surface area contributed by atoms with Crippen LogP contribution in [0.3, 0.4) is 0 Å². The third-order valence-electron chi connectivity index (χ3n) is 6.57. The van der Waals surface area contributed by atoms with Crippen LogP contribution in [0.2, 0.25) is 0 Å². The molecule has 172 valence electrons. The van der Waals surface area contributed by atoms with Gasteiger partial charge in [0, 0.05) is 31.6 Å². The van der Waals surface area contributed by atoms with Gasteiger partial charge in [-0.3, -0.25) is 14.6 Å². The Hall–Kier alpha value is -3.10. The van der Waals surface area contributed by atoms with Gasteiger partial charge in [-0.1, -0.05) is 37.5 Å². The Kier molecular flexibility index (Phi) is 6.92. The average molecular weight is 441 g/mol. The molecule has 2 heterocycles. The number of hydrazone groups is 1. The van der Waals surface area contributed by atoms with Gasteiger partial charge >= 0.3 is 6.03 Å². The van der Waals surface area contributed by atoms with Crippen LogP contribution in [0.25, 0.3) is 0 Å². The molecule has 9 heteroatoms. The van der Waals surface area contributed by atoms with Gasteiger partial charge in [0.2, 0.25) is 5.91 Å². The Morgan fingerprint density at radius 2 is 1.56 bits per heavy atom. The van der Waals surface area contributed by atoms with Crippen molar-refractivity contribution < 1.29 is 14.4 Å². The molecule has 1 saturated heterocycles. The minimum Gasteiger partial charge on any atom is -0.368 e. The number of amides is 4. The first-order valence-corrected chi connectivity index (χ1v) is 11.6. The molecule has 1 atom stereocenters. The molecule has 32 heavy (non-hydrogen) atoms. The van der Waals surface area contributed by atoms with E-state index in [0.717, 1.165) is 18.5 Å². The lowest BCUT2D eigenvalue weighted by Gasteiger charge is -2.34. The summed E-state index contributed by atoms with van der Waals surface area (Å²) in [6.45, 7) is 1.21. The van der Waals surface area contributed by atoms with Gasteiger partial charge in [-0.15, -0.1) is 0 Å². The topological polar surface area (TPSA) is 120 Å². The standard InChI is InChI=1S/C23H32N6O3/c24-21(30)20-15-19(27-29(20)18-9-5-2-6-10-18)22(31)25-17-11-13-28(14-12-17)23(32)26-16-7-3-1-4-8-16/h2,5-6,9-10,16-17,20H,1,3-4,7-8,11-15H2,(H2,24,30)(H,25,31)(H,26,32). The third-order valence-corrected chi connectivity index (χ3v) is 6.57. The van der Waals surface area contributed by atoms with Gasteiger partial charge < -0.3 is 21.3 Å². The summed E-state index contributed by atoms with van der Waals surface area (Å²) in [7, 11) is 0. The number of carbonyl (C=O) groups excluding carboxylic acids is 3. The van der Waals surface area contributed by atoms with Gasteiger partial charge in [0.15, 0.2) is 0 Å². The van der Waals surface area contributed by atoms with Crippen LogP contribution in [0.15, 0.2) is 35.4 Å². The summed E-state index contributed by atoms with van der Waals surface area (Å²) in [4.78, 5) is 39.1. The van der Waals surface area contributed by atoms with Crippen LogP contribution >= 0.6 is 0 Å². The lowest BCUT2D eigenvalue weighted by atomic mass is 9.95. The molecular weight excluding hydrogens is 408 g/mol. The van der Waals surface area contributed by atoms with E-state index in [1.54, 1.807) is 0 Å². The third kappa shape index (κ3) is 5.20. The van der Waals surface area contributed by atoms with E-state index in [1.165, 1.54) is 24.3 Å². The number of primary amides is 1. The molecule has 2 fully saturated rings. The van der Waals surface area contributed by atoms with Crippen molar-refractivity contribution >= 4 is 29.2 Å². The summed E-state index contributed by atoms with van der Waals surface area (Å²) in [6.07, 6.45) is 7.31. The SMILES string of the molecule is NC(=O)C1CC(C(=O)NC2CCN(C(=O)NC3CCCCC3)CC2)=NN1c1ccccc1. The van der Waals surface area contributed by atoms with Crippen LogP contribution in [-0.4, -0.2) is 59.7 Å². The highest BCUT2D eigenvalue weighted by molar-refractivity contribution is 6.40. The van der Waals surface area contributed by atoms with Crippen LogP contribution in [0, 0.1) is 0 Å². The number of para-hydroxylation sites is 1. The second-order valence-corrected chi connectivity index (χ2v) is 8.87. The average Bonchev–Trinajstić information content (AvgIpc) is 3.27. The number of nitrogens with two attached hydrogens (primary N) is 1. The Morgan fingerprint density at radius 1 is 0.906 bits per heavy atom. The number of piperidine rings is 1. The summed E-state index contributed by atoms with van der Waals surface area (Å²) in [5, 5.41) is 12.1. The molecule has 0 aromatic heterocycles. The van der Waals surface area contributed by atoms with Gasteiger partial charge in [0.05, 0.1) is 5.69 Å². The van der Waals surface area contributed by atoms with E-state index in [1.807, 2.05) is 35.2 Å². The van der Waals surface area contributed by atoms with E-state index < -0.39 is 11.9 Å². The maximum Gasteiger partial charge on any atom is 0.317 e. The molecule has 1 unspecified atom stereocenters. The highest BCUT2D eigenvalue weighted by atomic mass is 16.2. The highest BCUT2D eigenvalue weighted by Crippen LogP contribution is 2.24. The fourth-order valence-corrected chi connectivity index (χ4v) is 4.70. The smallest absolute Gasteiger partial charge is 0.317 e. The predicted octanol–water partition coefficient (Wildman–Crippen LogP) is 1.73. The van der Waals surface area contributed by atoms with Crippen LogP contribution in [0.1, 0.15) is 51.4 Å². The molecule has 1 aromatic carbocycles. The zero-order valence-electron chi connectivity index (χ0n) is 18.3. The molecule has 1 aromatic rings. The Balaban J connectivity index is 1.29. The first kappa shape index (κ1) is 22.1. The van der Waals surface area contributed by atoms with Gasteiger partial charge in [-0.05, 0) is 37.8 Å². The number of hydrogen-bond donors (Lipinski definition) is 3. The summed E-state index contributed by atoms with van der Waals surface area (Å²) >= 11 is 0. The summed E-state index contributed by atoms with van der Waals surface area (Å²) in [5.41, 5.74) is 6.57. The number of benzene rings is 1. The van der Waals surface area contributed by atoms with E-state index in [-0.39, 0.29) is 24.4 Å². The fourth-order valence-electron chi connectivity index (χ4n) is 4.70.